The van der Waals surface area contributed by atoms with Gasteiger partial charge in [0.2, 0.25) is 0 Å². The van der Waals surface area contributed by atoms with Crippen LogP contribution in [0.25, 0.3) is 10.2 Å². The third-order valence-electron chi connectivity index (χ3n) is 1.01. The van der Waals surface area contributed by atoms with E-state index in [1.54, 1.807) is 0 Å². The smallest absolute Gasteiger partial charge is 0.153 e. The van der Waals surface area contributed by atoms with E-state index < -0.39 is 0 Å². The lowest BCUT2D eigenvalue weighted by Crippen LogP contribution is -1.52. The Morgan fingerprint density at radius 2 is 2.62 bits per heavy atom. The monoisotopic (exact) mass is 123 g/mol. The van der Waals surface area contributed by atoms with Crippen LogP contribution in [0.3, 0.4) is 0 Å². The van der Waals surface area contributed by atoms with Crippen LogP contribution in [0, 0.1) is 5.51 Å². The number of nitrogens with one attached hydrogen (secondary N) is 1. The van der Waals surface area contributed by atoms with Crippen molar-refractivity contribution in [3.8, 4) is 0 Å². The molecule has 0 aromatic carbocycles. The highest BCUT2D eigenvalue weighted by molar-refractivity contribution is 7.16. The molecule has 0 aliphatic heterocycles. The summed E-state index contributed by atoms with van der Waals surface area (Å²) in [6, 6.07) is 0. The topological polar surface area (TPSA) is 28.7 Å². The Morgan fingerprint density at radius 3 is 3.50 bits per heavy atom. The average molecular weight is 123 g/mol. The summed E-state index contributed by atoms with van der Waals surface area (Å²) < 4.78 is 1.17. The minimum Gasteiger partial charge on any atom is -0.364 e. The van der Waals surface area contributed by atoms with E-state index in [0.717, 1.165) is 5.52 Å². The fourth-order valence-corrected chi connectivity index (χ4v) is 1.21. The van der Waals surface area contributed by atoms with E-state index in [1.807, 2.05) is 12.4 Å². The maximum atomic E-state index is 3.94. The lowest BCUT2D eigenvalue weighted by molar-refractivity contribution is 1.40. The van der Waals surface area contributed by atoms with E-state index in [0.29, 0.717) is 0 Å². The Morgan fingerprint density at radius 1 is 1.62 bits per heavy atom. The first-order valence-corrected chi connectivity index (χ1v) is 3.08. The summed E-state index contributed by atoms with van der Waals surface area (Å²) in [5.41, 5.74) is 3.80. The van der Waals surface area contributed by atoms with Gasteiger partial charge in [-0.2, -0.15) is 0 Å². The van der Waals surface area contributed by atoms with E-state index in [9.17, 15) is 0 Å². The third-order valence-corrected chi connectivity index (χ3v) is 1.74. The molecule has 2 rings (SSSR count). The molecule has 2 aromatic heterocycles. The Hall–Kier alpha value is -0.830. The molecule has 0 aliphatic carbocycles. The predicted octanol–water partition coefficient (Wildman–Crippen LogP) is 1.42. The zero-order valence-electron chi connectivity index (χ0n) is 4.01. The number of H-pyrrole nitrogens is 1. The summed E-state index contributed by atoms with van der Waals surface area (Å²) >= 11 is 1.53. The zero-order valence-corrected chi connectivity index (χ0v) is 4.83. The van der Waals surface area contributed by atoms with Crippen LogP contribution in [0.5, 0.6) is 0 Å². The predicted molar refractivity (Wildman–Crippen MR) is 32.8 cm³/mol. The number of fused-ring (bicyclic) bond motifs is 1. The van der Waals surface area contributed by atoms with Gasteiger partial charge in [-0.25, -0.2) is 4.98 Å². The van der Waals surface area contributed by atoms with Crippen molar-refractivity contribution in [2.45, 2.75) is 0 Å². The lowest BCUT2D eigenvalue weighted by Gasteiger charge is -1.61. The van der Waals surface area contributed by atoms with E-state index in [4.69, 9.17) is 0 Å². The zero-order chi connectivity index (χ0) is 5.40. The first-order valence-electron chi connectivity index (χ1n) is 2.26. The molecule has 0 bridgehead atoms. The van der Waals surface area contributed by atoms with Gasteiger partial charge in [0.15, 0.2) is 5.51 Å². The van der Waals surface area contributed by atoms with Crippen LogP contribution in [-0.2, 0) is 0 Å². The molecule has 2 aromatic rings. The van der Waals surface area contributed by atoms with Gasteiger partial charge < -0.3 is 4.98 Å². The van der Waals surface area contributed by atoms with Crippen LogP contribution in [0.4, 0.5) is 0 Å². The van der Waals surface area contributed by atoms with Crippen LogP contribution >= 0.6 is 11.3 Å². The Labute approximate surface area is 50.2 Å². The summed E-state index contributed by atoms with van der Waals surface area (Å²) in [6.07, 6.45) is 3.78. The summed E-state index contributed by atoms with van der Waals surface area (Å²) in [5, 5.41) is 0. The van der Waals surface area contributed by atoms with Crippen LogP contribution < -0.4 is 0 Å². The van der Waals surface area contributed by atoms with Gasteiger partial charge in [-0.3, -0.25) is 0 Å². The molecule has 1 N–H and O–H groups in total. The molecule has 0 atom stereocenters. The molecule has 0 fully saturated rings. The summed E-state index contributed by atoms with van der Waals surface area (Å²) in [7, 11) is 0. The number of hydrogen-bond donors (Lipinski definition) is 1. The van der Waals surface area contributed by atoms with Gasteiger partial charge in [0, 0.05) is 12.4 Å². The quantitative estimate of drug-likeness (QED) is 0.564. The molecule has 0 spiro atoms. The van der Waals surface area contributed by atoms with Crippen molar-refractivity contribution in [2.24, 2.45) is 0 Å². The van der Waals surface area contributed by atoms with E-state index in [1.165, 1.54) is 16.0 Å². The lowest BCUT2D eigenvalue weighted by atomic mass is 10.6. The van der Waals surface area contributed by atoms with E-state index >= 15 is 0 Å². The van der Waals surface area contributed by atoms with Gasteiger partial charge >= 0.3 is 0 Å². The molecule has 8 heavy (non-hydrogen) atoms. The van der Waals surface area contributed by atoms with Gasteiger partial charge in [-0.15, -0.1) is 11.3 Å². The van der Waals surface area contributed by atoms with E-state index in [2.05, 4.69) is 15.5 Å². The first-order chi connectivity index (χ1) is 3.97. The van der Waals surface area contributed by atoms with Crippen LogP contribution in [0.15, 0.2) is 12.4 Å². The second-order valence-corrected chi connectivity index (χ2v) is 2.34. The Kier molecular flexibility index (Phi) is 0.676. The highest BCUT2D eigenvalue weighted by Gasteiger charge is 1.92. The maximum absolute atomic E-state index is 3.94. The molecule has 3 heteroatoms. The SMILES string of the molecule is [c]1nc2c[nH]cc2s1. The van der Waals surface area contributed by atoms with Gasteiger partial charge in [0.25, 0.3) is 0 Å². The van der Waals surface area contributed by atoms with Gasteiger partial charge in [-0.1, -0.05) is 0 Å². The summed E-state index contributed by atoms with van der Waals surface area (Å²) in [6.45, 7) is 0. The number of hydrogen-bond acceptors (Lipinski definition) is 2. The molecule has 0 unspecified atom stereocenters. The largest absolute Gasteiger partial charge is 0.364 e. The highest BCUT2D eigenvalue weighted by atomic mass is 32.1. The molecule has 0 aliphatic rings. The van der Waals surface area contributed by atoms with Crippen molar-refractivity contribution in [2.75, 3.05) is 0 Å². The van der Waals surface area contributed by atoms with Crippen molar-refractivity contribution < 1.29 is 0 Å². The third kappa shape index (κ3) is 0.391. The molecular weight excluding hydrogens is 120 g/mol. The fraction of sp³-hybridized carbons (Fsp3) is 0. The van der Waals surface area contributed by atoms with Crippen molar-refractivity contribution in [1.29, 1.82) is 0 Å². The van der Waals surface area contributed by atoms with E-state index in [-0.39, 0.29) is 0 Å². The first kappa shape index (κ1) is 4.09. The van der Waals surface area contributed by atoms with Crippen LogP contribution in [-0.4, -0.2) is 9.97 Å². The molecule has 2 nitrogen and oxygen atoms in total. The Balaban J connectivity index is 3.06. The molecule has 39 valence electrons. The second kappa shape index (κ2) is 1.32. The molecule has 0 amide bonds. The van der Waals surface area contributed by atoms with Crippen molar-refractivity contribution in [3.05, 3.63) is 17.9 Å². The summed E-state index contributed by atoms with van der Waals surface area (Å²) in [5.74, 6) is 0. The number of aromatic amines is 1. The van der Waals surface area contributed by atoms with Crippen molar-refractivity contribution >= 4 is 21.6 Å². The molecule has 2 heterocycles. The maximum Gasteiger partial charge on any atom is 0.153 e. The fourth-order valence-electron chi connectivity index (χ4n) is 0.632. The number of thiazole rings is 1. The van der Waals surface area contributed by atoms with Crippen LogP contribution in [0.2, 0.25) is 0 Å². The standard InChI is InChI=1S/C5H3N2S/c1-4-5(2-6-1)8-3-7-4/h1-2,6H. The Bertz CT molecular complexity index is 232. The van der Waals surface area contributed by atoms with Gasteiger partial charge in [0.1, 0.15) is 0 Å². The van der Waals surface area contributed by atoms with Crippen LogP contribution in [0.1, 0.15) is 0 Å². The molecular formula is C5H3N2S. The second-order valence-electron chi connectivity index (χ2n) is 1.51. The highest BCUT2D eigenvalue weighted by Crippen LogP contribution is 2.14. The minimum absolute atomic E-state index is 1.01. The average Bonchev–Trinajstić information content (AvgIpc) is 2.15. The number of rotatable bonds is 0. The molecule has 0 saturated heterocycles. The normalized spacial score (nSPS) is 10.5. The number of nitrogens with zero attached hydrogens (tertiary/aromatic N) is 1. The van der Waals surface area contributed by atoms with Crippen molar-refractivity contribution in [1.82, 2.24) is 9.97 Å². The molecule has 1 radical (unpaired) electrons. The minimum atomic E-state index is 1.01. The van der Waals surface area contributed by atoms with Gasteiger partial charge in [-0.05, 0) is 0 Å². The number of aromatic nitrogens is 2. The van der Waals surface area contributed by atoms with Crippen molar-refractivity contribution in [3.63, 3.8) is 0 Å². The summed E-state index contributed by atoms with van der Waals surface area (Å²) in [4.78, 5) is 6.89. The molecule has 0 saturated carbocycles. The van der Waals surface area contributed by atoms with Gasteiger partial charge in [0.05, 0.1) is 10.2 Å².